The number of rotatable bonds is 2. The first-order chi connectivity index (χ1) is 10.5. The molecule has 1 heterocycles. The average molecular weight is 316 g/mol. The Kier molecular flexibility index (Phi) is 3.62. The van der Waals surface area contributed by atoms with Gasteiger partial charge in [0.1, 0.15) is 0 Å². The lowest BCUT2D eigenvalue weighted by Gasteiger charge is -2.30. The molecular formula is C16H16N2O3S. The molecule has 5 nitrogen and oxygen atoms in total. The fourth-order valence-corrected chi connectivity index (χ4v) is 3.91. The number of nitrogens with zero attached hydrogens (tertiary/aromatic N) is 1. The Balaban J connectivity index is 2.22. The molecule has 1 atom stereocenters. The highest BCUT2D eigenvalue weighted by atomic mass is 32.2. The van der Waals surface area contributed by atoms with E-state index in [1.54, 1.807) is 24.3 Å². The highest BCUT2D eigenvalue weighted by Gasteiger charge is 2.34. The normalized spacial score (nSPS) is 18.3. The van der Waals surface area contributed by atoms with Crippen molar-refractivity contribution in [2.45, 2.75) is 6.04 Å². The smallest absolute Gasteiger partial charge is 0.253 e. The minimum absolute atomic E-state index is 0.227. The van der Waals surface area contributed by atoms with Gasteiger partial charge in [-0.05, 0) is 17.7 Å². The van der Waals surface area contributed by atoms with E-state index in [0.29, 0.717) is 11.3 Å². The van der Waals surface area contributed by atoms with E-state index in [1.807, 2.05) is 30.3 Å². The monoisotopic (exact) mass is 316 g/mol. The van der Waals surface area contributed by atoms with Gasteiger partial charge in [0, 0.05) is 6.54 Å². The zero-order chi connectivity index (χ0) is 15.7. The van der Waals surface area contributed by atoms with Crippen LogP contribution >= 0.6 is 0 Å². The van der Waals surface area contributed by atoms with Crippen molar-refractivity contribution in [1.29, 1.82) is 0 Å². The Morgan fingerprint density at radius 3 is 2.36 bits per heavy atom. The maximum Gasteiger partial charge on any atom is 0.253 e. The topological polar surface area (TPSA) is 66.5 Å². The van der Waals surface area contributed by atoms with Gasteiger partial charge >= 0.3 is 0 Å². The Morgan fingerprint density at radius 2 is 1.68 bits per heavy atom. The number of para-hydroxylation sites is 1. The number of anilines is 1. The van der Waals surface area contributed by atoms with E-state index in [-0.39, 0.29) is 12.5 Å². The summed E-state index contributed by atoms with van der Waals surface area (Å²) in [7, 11) is -3.54. The summed E-state index contributed by atoms with van der Waals surface area (Å²) in [6, 6.07) is 15.6. The number of nitrogens with one attached hydrogen (secondary N) is 1. The van der Waals surface area contributed by atoms with Crippen molar-refractivity contribution in [3.8, 4) is 0 Å². The summed E-state index contributed by atoms with van der Waals surface area (Å²) < 4.78 is 26.1. The third kappa shape index (κ3) is 2.57. The second kappa shape index (κ2) is 5.46. The lowest BCUT2D eigenvalue weighted by molar-refractivity contribution is 0.0955. The first-order valence-electron chi connectivity index (χ1n) is 6.90. The van der Waals surface area contributed by atoms with Gasteiger partial charge in [0.25, 0.3) is 5.91 Å². The predicted octanol–water partition coefficient (Wildman–Crippen LogP) is 1.94. The van der Waals surface area contributed by atoms with Gasteiger partial charge in [-0.3, -0.25) is 9.10 Å². The fourth-order valence-electron chi connectivity index (χ4n) is 2.73. The van der Waals surface area contributed by atoms with Gasteiger partial charge in [-0.1, -0.05) is 42.5 Å². The third-order valence-electron chi connectivity index (χ3n) is 3.67. The standard InChI is InChI=1S/C16H16N2O3S/c1-22(20,21)18-14-10-6-5-9-13(14)16(19)17-11-15(18)12-7-3-2-4-8-12/h2-10,15H,11H2,1H3,(H,17,19). The van der Waals surface area contributed by atoms with E-state index < -0.39 is 16.1 Å². The lowest BCUT2D eigenvalue weighted by atomic mass is 10.1. The molecule has 22 heavy (non-hydrogen) atoms. The summed E-state index contributed by atoms with van der Waals surface area (Å²) in [5.41, 5.74) is 1.62. The minimum atomic E-state index is -3.54. The van der Waals surface area contributed by atoms with Crippen LogP contribution < -0.4 is 9.62 Å². The molecule has 0 aliphatic carbocycles. The largest absolute Gasteiger partial charge is 0.350 e. The number of amides is 1. The van der Waals surface area contributed by atoms with E-state index in [2.05, 4.69) is 5.32 Å². The van der Waals surface area contributed by atoms with Crippen LogP contribution in [0.4, 0.5) is 5.69 Å². The lowest BCUT2D eigenvalue weighted by Crippen LogP contribution is -2.38. The van der Waals surface area contributed by atoms with E-state index in [1.165, 1.54) is 4.31 Å². The van der Waals surface area contributed by atoms with Crippen LogP contribution in [-0.4, -0.2) is 27.1 Å². The van der Waals surface area contributed by atoms with E-state index >= 15 is 0 Å². The van der Waals surface area contributed by atoms with Crippen LogP contribution in [0.25, 0.3) is 0 Å². The maximum atomic E-state index is 12.4. The molecule has 114 valence electrons. The summed E-state index contributed by atoms with van der Waals surface area (Å²) >= 11 is 0. The van der Waals surface area contributed by atoms with Crippen molar-refractivity contribution in [3.63, 3.8) is 0 Å². The Hall–Kier alpha value is -2.34. The molecule has 1 amide bonds. The number of hydrogen-bond acceptors (Lipinski definition) is 3. The summed E-state index contributed by atoms with van der Waals surface area (Å²) in [6.45, 7) is 0.227. The van der Waals surface area contributed by atoms with Crippen molar-refractivity contribution in [1.82, 2.24) is 5.32 Å². The van der Waals surface area contributed by atoms with Crippen molar-refractivity contribution < 1.29 is 13.2 Å². The van der Waals surface area contributed by atoms with Gasteiger partial charge in [0.2, 0.25) is 10.0 Å². The molecule has 0 radical (unpaired) electrons. The van der Waals surface area contributed by atoms with Crippen LogP contribution in [0, 0.1) is 0 Å². The van der Waals surface area contributed by atoms with Crippen LogP contribution in [0.2, 0.25) is 0 Å². The van der Waals surface area contributed by atoms with Crippen LogP contribution in [-0.2, 0) is 10.0 Å². The molecule has 1 aliphatic rings. The van der Waals surface area contributed by atoms with Crippen molar-refractivity contribution >= 4 is 21.6 Å². The van der Waals surface area contributed by atoms with Crippen LogP contribution in [0.15, 0.2) is 54.6 Å². The zero-order valence-corrected chi connectivity index (χ0v) is 12.9. The molecule has 1 aliphatic heterocycles. The predicted molar refractivity (Wildman–Crippen MR) is 85.3 cm³/mol. The van der Waals surface area contributed by atoms with Crippen molar-refractivity contribution in [2.24, 2.45) is 0 Å². The summed E-state index contributed by atoms with van der Waals surface area (Å²) in [5.74, 6) is -0.261. The molecule has 0 fully saturated rings. The second-order valence-corrected chi connectivity index (χ2v) is 7.07. The Labute approximate surface area is 129 Å². The average Bonchev–Trinajstić information content (AvgIpc) is 2.65. The number of carbonyl (C=O) groups is 1. The van der Waals surface area contributed by atoms with Gasteiger partial charge in [0.05, 0.1) is 23.5 Å². The van der Waals surface area contributed by atoms with E-state index in [4.69, 9.17) is 0 Å². The van der Waals surface area contributed by atoms with Crippen LogP contribution in [0.3, 0.4) is 0 Å². The van der Waals surface area contributed by atoms with Crippen LogP contribution in [0.1, 0.15) is 22.0 Å². The summed E-state index contributed by atoms with van der Waals surface area (Å²) in [4.78, 5) is 12.2. The molecule has 6 heteroatoms. The second-order valence-electron chi connectivity index (χ2n) is 5.21. The molecule has 0 saturated carbocycles. The number of benzene rings is 2. The van der Waals surface area contributed by atoms with Gasteiger partial charge in [0.15, 0.2) is 0 Å². The highest BCUT2D eigenvalue weighted by Crippen LogP contribution is 2.34. The van der Waals surface area contributed by atoms with E-state index in [9.17, 15) is 13.2 Å². The van der Waals surface area contributed by atoms with Crippen LogP contribution in [0.5, 0.6) is 0 Å². The highest BCUT2D eigenvalue weighted by molar-refractivity contribution is 7.92. The molecule has 2 aromatic rings. The number of carbonyl (C=O) groups excluding carboxylic acids is 1. The molecule has 0 spiro atoms. The Bertz CT molecular complexity index is 803. The number of hydrogen-bond donors (Lipinski definition) is 1. The first kappa shape index (κ1) is 14.6. The van der Waals surface area contributed by atoms with Gasteiger partial charge in [-0.25, -0.2) is 8.42 Å². The molecule has 0 saturated heterocycles. The van der Waals surface area contributed by atoms with Gasteiger partial charge in [-0.15, -0.1) is 0 Å². The molecule has 1 N–H and O–H groups in total. The van der Waals surface area contributed by atoms with Crippen molar-refractivity contribution in [2.75, 3.05) is 17.1 Å². The maximum absolute atomic E-state index is 12.4. The number of fused-ring (bicyclic) bond motifs is 1. The quantitative estimate of drug-likeness (QED) is 0.921. The SMILES string of the molecule is CS(=O)(=O)N1c2ccccc2C(=O)NCC1c1ccccc1. The molecular weight excluding hydrogens is 300 g/mol. The third-order valence-corrected chi connectivity index (χ3v) is 4.83. The fraction of sp³-hybridized carbons (Fsp3) is 0.188. The summed E-state index contributed by atoms with van der Waals surface area (Å²) in [5, 5.41) is 2.81. The van der Waals surface area contributed by atoms with Crippen molar-refractivity contribution in [3.05, 3.63) is 65.7 Å². The zero-order valence-electron chi connectivity index (χ0n) is 12.1. The minimum Gasteiger partial charge on any atom is -0.350 e. The van der Waals surface area contributed by atoms with Gasteiger partial charge in [-0.2, -0.15) is 0 Å². The van der Waals surface area contributed by atoms with Gasteiger partial charge < -0.3 is 5.32 Å². The molecule has 3 rings (SSSR count). The molecule has 0 aromatic heterocycles. The number of sulfonamides is 1. The first-order valence-corrected chi connectivity index (χ1v) is 8.75. The molecule has 2 aromatic carbocycles. The molecule has 0 bridgehead atoms. The van der Waals surface area contributed by atoms with E-state index in [0.717, 1.165) is 11.8 Å². The Morgan fingerprint density at radius 1 is 1.05 bits per heavy atom. The summed E-state index contributed by atoms with van der Waals surface area (Å²) in [6.07, 6.45) is 1.16. The molecule has 1 unspecified atom stereocenters.